The highest BCUT2D eigenvalue weighted by Gasteiger charge is 2.45. The van der Waals surface area contributed by atoms with E-state index in [-0.39, 0.29) is 0 Å². The van der Waals surface area contributed by atoms with Crippen LogP contribution in [0.2, 0.25) is 0 Å². The van der Waals surface area contributed by atoms with Crippen molar-refractivity contribution in [3.8, 4) is 5.75 Å². The Bertz CT molecular complexity index is 1230. The van der Waals surface area contributed by atoms with Crippen LogP contribution in [0.4, 0.5) is 11.6 Å². The highest BCUT2D eigenvalue weighted by atomic mass is 32.2. The molecule has 1 aromatic heterocycles. The molecule has 1 N–H and O–H groups in total. The van der Waals surface area contributed by atoms with E-state index in [1.165, 1.54) is 7.05 Å². The molecule has 10 heteroatoms. The van der Waals surface area contributed by atoms with Gasteiger partial charge in [0.05, 0.1) is 18.2 Å². The lowest BCUT2D eigenvalue weighted by atomic mass is 9.72. The van der Waals surface area contributed by atoms with E-state index in [2.05, 4.69) is 14.7 Å². The second-order valence-corrected chi connectivity index (χ2v) is 9.79. The number of amides is 1. The SMILES string of the molecule is COc1cccc(C2(C(=O)NS(=O)(=O)N(C)c3ccccc3)CCN(c3ncccn3)CC2)c1. The summed E-state index contributed by atoms with van der Waals surface area (Å²) in [6.07, 6.45) is 4.11. The summed E-state index contributed by atoms with van der Waals surface area (Å²) in [7, 11) is -1.15. The molecule has 1 aliphatic heterocycles. The van der Waals surface area contributed by atoms with Gasteiger partial charge in [0.15, 0.2) is 0 Å². The Morgan fingerprint density at radius 1 is 1.03 bits per heavy atom. The molecular weight excluding hydrogens is 454 g/mol. The van der Waals surface area contributed by atoms with Crippen molar-refractivity contribution in [2.24, 2.45) is 0 Å². The van der Waals surface area contributed by atoms with Gasteiger partial charge in [0.2, 0.25) is 11.9 Å². The topological polar surface area (TPSA) is 105 Å². The fourth-order valence-electron chi connectivity index (χ4n) is 4.17. The van der Waals surface area contributed by atoms with Gasteiger partial charge < -0.3 is 9.64 Å². The smallest absolute Gasteiger partial charge is 0.325 e. The number of methoxy groups -OCH3 is 1. The highest BCUT2D eigenvalue weighted by Crippen LogP contribution is 2.38. The zero-order valence-corrected chi connectivity index (χ0v) is 19.9. The van der Waals surface area contributed by atoms with Crippen LogP contribution in [-0.4, -0.2) is 51.5 Å². The van der Waals surface area contributed by atoms with Gasteiger partial charge in [0, 0.05) is 32.5 Å². The summed E-state index contributed by atoms with van der Waals surface area (Å²) in [5.41, 5.74) is 0.0922. The van der Waals surface area contributed by atoms with Crippen LogP contribution in [0.5, 0.6) is 5.75 Å². The minimum Gasteiger partial charge on any atom is -0.497 e. The van der Waals surface area contributed by atoms with Crippen molar-refractivity contribution in [3.63, 3.8) is 0 Å². The van der Waals surface area contributed by atoms with Gasteiger partial charge in [0.1, 0.15) is 5.75 Å². The van der Waals surface area contributed by atoms with Crippen molar-refractivity contribution >= 4 is 27.8 Å². The standard InChI is InChI=1S/C24H27N5O4S/c1-28(20-9-4-3-5-10-20)34(31,32)27-22(30)24(19-8-6-11-21(18-19)33-2)12-16-29(17-13-24)23-25-14-7-15-26-23/h3-11,14-15,18H,12-13,16-17H2,1-2H3,(H,27,30). The molecule has 1 saturated heterocycles. The molecule has 0 radical (unpaired) electrons. The molecule has 0 aliphatic carbocycles. The molecule has 34 heavy (non-hydrogen) atoms. The summed E-state index contributed by atoms with van der Waals surface area (Å²) < 4.78 is 35.0. The molecule has 1 amide bonds. The van der Waals surface area contributed by atoms with E-state index in [4.69, 9.17) is 4.74 Å². The second-order valence-electron chi connectivity index (χ2n) is 8.09. The number of piperidine rings is 1. The first kappa shape index (κ1) is 23.5. The molecule has 1 aliphatic rings. The Morgan fingerprint density at radius 2 is 1.71 bits per heavy atom. The first-order valence-electron chi connectivity index (χ1n) is 10.9. The van der Waals surface area contributed by atoms with Crippen LogP contribution in [0.25, 0.3) is 0 Å². The predicted molar refractivity (Wildman–Crippen MR) is 130 cm³/mol. The van der Waals surface area contributed by atoms with Gasteiger partial charge in [-0.05, 0) is 48.7 Å². The third-order valence-electron chi connectivity index (χ3n) is 6.21. The van der Waals surface area contributed by atoms with Crippen molar-refractivity contribution in [1.82, 2.24) is 14.7 Å². The van der Waals surface area contributed by atoms with E-state index < -0.39 is 21.5 Å². The van der Waals surface area contributed by atoms with Gasteiger partial charge in [-0.2, -0.15) is 8.42 Å². The lowest BCUT2D eigenvalue weighted by Crippen LogP contribution is -2.55. The molecule has 0 saturated carbocycles. The van der Waals surface area contributed by atoms with Crippen molar-refractivity contribution in [2.45, 2.75) is 18.3 Å². The third-order valence-corrected chi connectivity index (χ3v) is 7.59. The lowest BCUT2D eigenvalue weighted by molar-refractivity contribution is -0.125. The van der Waals surface area contributed by atoms with Crippen LogP contribution in [0.1, 0.15) is 18.4 Å². The molecule has 4 rings (SSSR count). The molecule has 0 unspecified atom stereocenters. The van der Waals surface area contributed by atoms with Crippen LogP contribution in [-0.2, 0) is 20.4 Å². The normalized spacial score (nSPS) is 15.4. The summed E-state index contributed by atoms with van der Waals surface area (Å²) >= 11 is 0. The average Bonchev–Trinajstić information content (AvgIpc) is 2.89. The number of carbonyl (C=O) groups excluding carboxylic acids is 1. The minimum atomic E-state index is -4.13. The van der Waals surface area contributed by atoms with E-state index in [1.54, 1.807) is 74.1 Å². The number of benzene rings is 2. The molecular formula is C24H27N5O4S. The molecule has 2 heterocycles. The molecule has 2 aromatic carbocycles. The molecule has 3 aromatic rings. The molecule has 0 atom stereocenters. The Kier molecular flexibility index (Phi) is 6.69. The quantitative estimate of drug-likeness (QED) is 0.553. The fourth-order valence-corrected chi connectivity index (χ4v) is 5.14. The summed E-state index contributed by atoms with van der Waals surface area (Å²) in [6.45, 7) is 0.979. The first-order valence-corrected chi connectivity index (χ1v) is 12.3. The van der Waals surface area contributed by atoms with Crippen LogP contribution in [0.15, 0.2) is 73.1 Å². The van der Waals surface area contributed by atoms with Gasteiger partial charge in [-0.15, -0.1) is 0 Å². The largest absolute Gasteiger partial charge is 0.497 e. The first-order chi connectivity index (χ1) is 16.4. The molecule has 9 nitrogen and oxygen atoms in total. The average molecular weight is 482 g/mol. The van der Waals surface area contributed by atoms with Gasteiger partial charge in [-0.1, -0.05) is 30.3 Å². The third kappa shape index (κ3) is 4.67. The summed E-state index contributed by atoms with van der Waals surface area (Å²) in [4.78, 5) is 24.3. The Labute approximate surface area is 199 Å². The predicted octanol–water partition coefficient (Wildman–Crippen LogP) is 2.52. The van der Waals surface area contributed by atoms with Crippen molar-refractivity contribution in [1.29, 1.82) is 0 Å². The number of nitrogens with one attached hydrogen (secondary N) is 1. The monoisotopic (exact) mass is 481 g/mol. The van der Waals surface area contributed by atoms with Crippen molar-refractivity contribution in [2.75, 3.05) is 36.5 Å². The number of para-hydroxylation sites is 1. The zero-order chi connectivity index (χ0) is 24.2. The number of carbonyl (C=O) groups is 1. The van der Waals surface area contributed by atoms with Gasteiger partial charge in [-0.3, -0.25) is 9.10 Å². The number of rotatable bonds is 7. The van der Waals surface area contributed by atoms with Crippen molar-refractivity contribution < 1.29 is 17.9 Å². The fraction of sp³-hybridized carbons (Fsp3) is 0.292. The van der Waals surface area contributed by atoms with Crippen LogP contribution in [0, 0.1) is 0 Å². The van der Waals surface area contributed by atoms with E-state index in [0.29, 0.717) is 48.9 Å². The zero-order valence-electron chi connectivity index (χ0n) is 19.1. The summed E-state index contributed by atoms with van der Waals surface area (Å²) in [5, 5.41) is 0. The van der Waals surface area contributed by atoms with Gasteiger partial charge >= 0.3 is 10.2 Å². The van der Waals surface area contributed by atoms with Gasteiger partial charge in [0.25, 0.3) is 0 Å². The maximum absolute atomic E-state index is 13.7. The van der Waals surface area contributed by atoms with Gasteiger partial charge in [-0.25, -0.2) is 14.7 Å². The van der Waals surface area contributed by atoms with Crippen LogP contribution < -0.4 is 18.7 Å². The van der Waals surface area contributed by atoms with E-state index in [1.807, 2.05) is 11.0 Å². The number of aromatic nitrogens is 2. The minimum absolute atomic E-state index is 0.384. The van der Waals surface area contributed by atoms with Crippen LogP contribution in [0.3, 0.4) is 0 Å². The maximum atomic E-state index is 13.7. The Balaban J connectivity index is 1.64. The molecule has 0 spiro atoms. The lowest BCUT2D eigenvalue weighted by Gasteiger charge is -2.41. The van der Waals surface area contributed by atoms with Crippen LogP contribution >= 0.6 is 0 Å². The molecule has 178 valence electrons. The number of anilines is 2. The maximum Gasteiger partial charge on any atom is 0.325 e. The Hall–Kier alpha value is -3.66. The number of hydrogen-bond donors (Lipinski definition) is 1. The molecule has 1 fully saturated rings. The Morgan fingerprint density at radius 3 is 2.35 bits per heavy atom. The van der Waals surface area contributed by atoms with E-state index in [9.17, 15) is 13.2 Å². The van der Waals surface area contributed by atoms with Crippen molar-refractivity contribution in [3.05, 3.63) is 78.6 Å². The summed E-state index contributed by atoms with van der Waals surface area (Å²) in [5.74, 6) is 0.610. The number of hydrogen-bond acceptors (Lipinski definition) is 7. The van der Waals surface area contributed by atoms with E-state index >= 15 is 0 Å². The summed E-state index contributed by atoms with van der Waals surface area (Å²) in [6, 6.07) is 17.6. The van der Waals surface area contributed by atoms with E-state index in [0.717, 1.165) is 4.31 Å². The number of ether oxygens (including phenoxy) is 1. The highest BCUT2D eigenvalue weighted by molar-refractivity contribution is 7.91. The number of nitrogens with zero attached hydrogens (tertiary/aromatic N) is 4. The molecule has 0 bridgehead atoms. The second kappa shape index (κ2) is 9.68.